The number of hydrogen-bond acceptors (Lipinski definition) is 5. The maximum Gasteiger partial charge on any atom is 0.145 e. The molecule has 0 amide bonds. The highest BCUT2D eigenvalue weighted by Gasteiger charge is 2.20. The quantitative estimate of drug-likeness (QED) is 0.473. The SMILES string of the molecule is COc1c(N)ccc2c1CCC[C@H](CCCN(CCN)CCO)C2. The number of methoxy groups -OCH3 is 1. The van der Waals surface area contributed by atoms with E-state index in [9.17, 15) is 0 Å². The number of rotatable bonds is 9. The van der Waals surface area contributed by atoms with E-state index in [1.54, 1.807) is 7.11 Å². The monoisotopic (exact) mass is 335 g/mol. The van der Waals surface area contributed by atoms with Crippen molar-refractivity contribution >= 4 is 5.69 Å². The molecule has 1 aliphatic carbocycles. The van der Waals surface area contributed by atoms with Gasteiger partial charge in [-0.3, -0.25) is 4.90 Å². The van der Waals surface area contributed by atoms with Gasteiger partial charge < -0.3 is 21.3 Å². The Balaban J connectivity index is 1.92. The smallest absolute Gasteiger partial charge is 0.145 e. The fourth-order valence-electron chi connectivity index (χ4n) is 3.88. The van der Waals surface area contributed by atoms with Crippen molar-refractivity contribution in [3.05, 3.63) is 23.3 Å². The number of hydrogen-bond donors (Lipinski definition) is 3. The predicted octanol–water partition coefficient (Wildman–Crippen LogP) is 1.81. The zero-order valence-corrected chi connectivity index (χ0v) is 15.0. The molecule has 1 aromatic rings. The molecule has 5 N–H and O–H groups in total. The van der Waals surface area contributed by atoms with Gasteiger partial charge in [0.25, 0.3) is 0 Å². The van der Waals surface area contributed by atoms with Crippen molar-refractivity contribution in [2.75, 3.05) is 45.6 Å². The van der Waals surface area contributed by atoms with E-state index in [0.717, 1.165) is 50.3 Å². The summed E-state index contributed by atoms with van der Waals surface area (Å²) in [7, 11) is 1.71. The minimum absolute atomic E-state index is 0.206. The third kappa shape index (κ3) is 5.10. The highest BCUT2D eigenvalue weighted by atomic mass is 16.5. The highest BCUT2D eigenvalue weighted by Crippen LogP contribution is 2.36. The van der Waals surface area contributed by atoms with E-state index in [0.29, 0.717) is 12.5 Å². The van der Waals surface area contributed by atoms with Crippen LogP contribution in [0.1, 0.15) is 36.8 Å². The number of aliphatic hydroxyl groups is 1. The Morgan fingerprint density at radius 1 is 1.29 bits per heavy atom. The van der Waals surface area contributed by atoms with E-state index in [2.05, 4.69) is 11.0 Å². The summed E-state index contributed by atoms with van der Waals surface area (Å²) >= 11 is 0. The van der Waals surface area contributed by atoms with Gasteiger partial charge in [-0.25, -0.2) is 0 Å². The number of nitrogens with two attached hydrogens (primary N) is 2. The number of aliphatic hydroxyl groups excluding tert-OH is 1. The molecule has 136 valence electrons. The Hall–Kier alpha value is -1.30. The molecular weight excluding hydrogens is 302 g/mol. The van der Waals surface area contributed by atoms with Crippen molar-refractivity contribution in [3.63, 3.8) is 0 Å². The fourth-order valence-corrected chi connectivity index (χ4v) is 3.88. The molecule has 5 heteroatoms. The Kier molecular flexibility index (Phi) is 7.82. The largest absolute Gasteiger partial charge is 0.494 e. The van der Waals surface area contributed by atoms with E-state index >= 15 is 0 Å². The number of ether oxygens (including phenoxy) is 1. The van der Waals surface area contributed by atoms with Crippen molar-refractivity contribution in [3.8, 4) is 5.75 Å². The van der Waals surface area contributed by atoms with E-state index in [4.69, 9.17) is 21.3 Å². The number of benzene rings is 1. The molecule has 1 atom stereocenters. The van der Waals surface area contributed by atoms with Crippen LogP contribution in [0.2, 0.25) is 0 Å². The van der Waals surface area contributed by atoms with Crippen LogP contribution in [0.3, 0.4) is 0 Å². The molecule has 0 bridgehead atoms. The summed E-state index contributed by atoms with van der Waals surface area (Å²) in [6, 6.07) is 4.16. The summed E-state index contributed by atoms with van der Waals surface area (Å²) in [5.41, 5.74) is 15.1. The molecule has 1 aromatic carbocycles. The molecule has 0 heterocycles. The molecule has 0 aliphatic heterocycles. The minimum Gasteiger partial charge on any atom is -0.494 e. The lowest BCUT2D eigenvalue weighted by Crippen LogP contribution is -2.33. The molecule has 5 nitrogen and oxygen atoms in total. The van der Waals surface area contributed by atoms with Crippen molar-refractivity contribution < 1.29 is 9.84 Å². The second-order valence-corrected chi connectivity index (χ2v) is 6.78. The van der Waals surface area contributed by atoms with Gasteiger partial charge in [0.15, 0.2) is 0 Å². The molecule has 0 spiro atoms. The minimum atomic E-state index is 0.206. The van der Waals surface area contributed by atoms with Crippen LogP contribution in [0.15, 0.2) is 12.1 Å². The predicted molar refractivity (Wildman–Crippen MR) is 99.4 cm³/mol. The zero-order valence-electron chi connectivity index (χ0n) is 15.0. The lowest BCUT2D eigenvalue weighted by atomic mass is 9.92. The van der Waals surface area contributed by atoms with Gasteiger partial charge in [-0.15, -0.1) is 0 Å². The molecular formula is C19H33N3O2. The van der Waals surface area contributed by atoms with Gasteiger partial charge in [0.1, 0.15) is 5.75 Å². The topological polar surface area (TPSA) is 84.7 Å². The van der Waals surface area contributed by atoms with Gasteiger partial charge in [0.05, 0.1) is 19.4 Å². The number of nitrogens with zero attached hydrogens (tertiary/aromatic N) is 1. The van der Waals surface area contributed by atoms with E-state index < -0.39 is 0 Å². The first-order valence-corrected chi connectivity index (χ1v) is 9.17. The van der Waals surface area contributed by atoms with Crippen LogP contribution in [-0.4, -0.2) is 49.9 Å². The van der Waals surface area contributed by atoms with Crippen LogP contribution in [0, 0.1) is 5.92 Å². The maximum atomic E-state index is 9.12. The number of nitrogen functional groups attached to an aromatic ring is 1. The van der Waals surface area contributed by atoms with Gasteiger partial charge in [0, 0.05) is 19.6 Å². The maximum absolute atomic E-state index is 9.12. The second kappa shape index (κ2) is 9.87. The third-order valence-electron chi connectivity index (χ3n) is 5.09. The van der Waals surface area contributed by atoms with E-state index in [1.165, 1.54) is 30.4 Å². The van der Waals surface area contributed by atoms with Crippen molar-refractivity contribution in [1.29, 1.82) is 0 Å². The third-order valence-corrected chi connectivity index (χ3v) is 5.09. The summed E-state index contributed by atoms with van der Waals surface area (Å²) in [4.78, 5) is 2.26. The zero-order chi connectivity index (χ0) is 17.4. The normalized spacial score (nSPS) is 17.6. The van der Waals surface area contributed by atoms with E-state index in [1.807, 2.05) is 6.07 Å². The molecule has 2 rings (SSSR count). The Morgan fingerprint density at radius 2 is 2.12 bits per heavy atom. The second-order valence-electron chi connectivity index (χ2n) is 6.78. The average Bonchev–Trinajstić information content (AvgIpc) is 2.77. The average molecular weight is 335 g/mol. The number of anilines is 1. The van der Waals surface area contributed by atoms with Crippen LogP contribution in [0.5, 0.6) is 5.75 Å². The summed E-state index contributed by atoms with van der Waals surface area (Å²) in [6.45, 7) is 3.47. The van der Waals surface area contributed by atoms with Gasteiger partial charge in [-0.2, -0.15) is 0 Å². The Labute approximate surface area is 146 Å². The molecule has 0 saturated carbocycles. The highest BCUT2D eigenvalue weighted by molar-refractivity contribution is 5.59. The van der Waals surface area contributed by atoms with Gasteiger partial charge in [-0.1, -0.05) is 6.07 Å². The first-order valence-electron chi connectivity index (χ1n) is 9.17. The van der Waals surface area contributed by atoms with E-state index in [-0.39, 0.29) is 6.61 Å². The fraction of sp³-hybridized carbons (Fsp3) is 0.684. The number of fused-ring (bicyclic) bond motifs is 1. The van der Waals surface area contributed by atoms with Gasteiger partial charge >= 0.3 is 0 Å². The lowest BCUT2D eigenvalue weighted by Gasteiger charge is -2.22. The van der Waals surface area contributed by atoms with Gasteiger partial charge in [-0.05, 0) is 68.2 Å². The Bertz CT molecular complexity index is 502. The van der Waals surface area contributed by atoms with Crippen LogP contribution in [-0.2, 0) is 12.8 Å². The molecule has 0 saturated heterocycles. The summed E-state index contributed by atoms with van der Waals surface area (Å²) in [6.07, 6.45) is 7.01. The van der Waals surface area contributed by atoms with Crippen molar-refractivity contribution in [2.24, 2.45) is 11.7 Å². The standard InChI is InChI=1S/C19H33N3O2/c1-24-19-17-6-2-4-15(14-16(17)7-8-18(19)21)5-3-10-22(11-9-20)12-13-23/h7-8,15,23H,2-6,9-14,20-21H2,1H3/t15-/m1/s1. The molecule has 24 heavy (non-hydrogen) atoms. The Morgan fingerprint density at radius 3 is 2.83 bits per heavy atom. The first-order chi connectivity index (χ1) is 11.7. The van der Waals surface area contributed by atoms with Gasteiger partial charge in [0.2, 0.25) is 0 Å². The summed E-state index contributed by atoms with van der Waals surface area (Å²) in [5, 5.41) is 9.12. The van der Waals surface area contributed by atoms with Crippen LogP contribution in [0.25, 0.3) is 0 Å². The lowest BCUT2D eigenvalue weighted by molar-refractivity contribution is 0.193. The molecule has 0 fully saturated rings. The van der Waals surface area contributed by atoms with Crippen LogP contribution in [0.4, 0.5) is 5.69 Å². The molecule has 0 unspecified atom stereocenters. The van der Waals surface area contributed by atoms with Crippen LogP contribution >= 0.6 is 0 Å². The molecule has 0 radical (unpaired) electrons. The van der Waals surface area contributed by atoms with Crippen molar-refractivity contribution in [1.82, 2.24) is 4.90 Å². The summed E-state index contributed by atoms with van der Waals surface area (Å²) in [5.74, 6) is 1.60. The van der Waals surface area contributed by atoms with Crippen molar-refractivity contribution in [2.45, 2.75) is 38.5 Å². The molecule has 1 aliphatic rings. The molecule has 0 aromatic heterocycles. The van der Waals surface area contributed by atoms with Crippen LogP contribution < -0.4 is 16.2 Å². The summed E-state index contributed by atoms with van der Waals surface area (Å²) < 4.78 is 5.53. The first kappa shape index (κ1) is 19.0.